The van der Waals surface area contributed by atoms with E-state index in [9.17, 15) is 19.8 Å². The molecule has 2 aliphatic heterocycles. The molecule has 3 fully saturated rings. The smallest absolute Gasteiger partial charge is 0.254 e. The Morgan fingerprint density at radius 3 is 2.65 bits per heavy atom. The number of ether oxygens (including phenoxy) is 2. The van der Waals surface area contributed by atoms with Crippen molar-refractivity contribution in [1.82, 2.24) is 4.90 Å². The third-order valence-electron chi connectivity index (χ3n) is 8.86. The maximum Gasteiger partial charge on any atom is 0.254 e. The monoisotopic (exact) mass is 461 g/mol. The van der Waals surface area contributed by atoms with Crippen LogP contribution in [0.1, 0.15) is 48.8 Å². The van der Waals surface area contributed by atoms with Gasteiger partial charge in [0.1, 0.15) is 12.2 Å². The Morgan fingerprint density at radius 2 is 1.88 bits per heavy atom. The van der Waals surface area contributed by atoms with Crippen LogP contribution in [0.2, 0.25) is 0 Å². The maximum absolute atomic E-state index is 13.2. The molecule has 1 saturated heterocycles. The summed E-state index contributed by atoms with van der Waals surface area (Å²) in [5, 5.41) is 22.8. The van der Waals surface area contributed by atoms with Gasteiger partial charge in [0.05, 0.1) is 17.1 Å². The number of hydrogen-bond acceptors (Lipinski definition) is 6. The van der Waals surface area contributed by atoms with Crippen LogP contribution in [-0.4, -0.2) is 56.7 Å². The summed E-state index contributed by atoms with van der Waals surface area (Å²) in [4.78, 5) is 28.0. The average Bonchev–Trinajstić information content (AvgIpc) is 3.49. The third kappa shape index (κ3) is 2.44. The molecule has 2 aromatic rings. The molecule has 1 amide bonds. The second-order valence-electron chi connectivity index (χ2n) is 10.6. The average molecular weight is 462 g/mol. The molecule has 0 radical (unpaired) electrons. The lowest BCUT2D eigenvalue weighted by atomic mass is 9.49. The lowest BCUT2D eigenvalue weighted by Crippen LogP contribution is -2.77. The number of Topliss-reactive ketones (excluding diaryl/α,β-unsaturated/α-hetero) is 1. The number of hydrogen-bond donors (Lipinski definition) is 2. The molecule has 1 spiro atoms. The van der Waals surface area contributed by atoms with E-state index in [1.807, 2.05) is 42.5 Å². The first kappa shape index (κ1) is 20.5. The summed E-state index contributed by atoms with van der Waals surface area (Å²) in [5.41, 5.74) is -0.594. The number of carbonyl (C=O) groups excluding carboxylic acids is 2. The predicted molar refractivity (Wildman–Crippen MR) is 121 cm³/mol. The minimum Gasteiger partial charge on any atom is -0.485 e. The molecule has 5 aliphatic rings. The Hall–Kier alpha value is -2.90. The molecule has 4 atom stereocenters. The zero-order valence-electron chi connectivity index (χ0n) is 18.8. The first-order valence-corrected chi connectivity index (χ1v) is 12.2. The molecule has 176 valence electrons. The standard InChI is InChI=1S/C27H27NO6/c29-18-8-9-27(32)20-14-17-6-7-19(33-15-16-4-2-1-3-5-16)22-21(17)26(27,23(18)34-22)12-13-28(20)24(30)25(31)10-11-25/h1-7,20,23,31-32H,8-15H2/t20-,23+,26+,27-/m1/s1. The van der Waals surface area contributed by atoms with E-state index in [1.165, 1.54) is 0 Å². The van der Waals surface area contributed by atoms with E-state index in [-0.39, 0.29) is 24.5 Å². The summed E-state index contributed by atoms with van der Waals surface area (Å²) in [5.74, 6) is 0.832. The molecule has 34 heavy (non-hydrogen) atoms. The molecule has 3 aliphatic carbocycles. The summed E-state index contributed by atoms with van der Waals surface area (Å²) < 4.78 is 12.5. The maximum atomic E-state index is 13.2. The van der Waals surface area contributed by atoms with Crippen molar-refractivity contribution in [2.75, 3.05) is 6.54 Å². The summed E-state index contributed by atoms with van der Waals surface area (Å²) in [6.07, 6.45) is 1.51. The summed E-state index contributed by atoms with van der Waals surface area (Å²) in [7, 11) is 0. The van der Waals surface area contributed by atoms with Crippen LogP contribution in [-0.2, 0) is 28.0 Å². The molecule has 2 N–H and O–H groups in total. The summed E-state index contributed by atoms with van der Waals surface area (Å²) in [6, 6.07) is 13.2. The molecule has 7 heteroatoms. The van der Waals surface area contributed by atoms with Crippen LogP contribution in [0, 0.1) is 0 Å². The molecule has 7 rings (SSSR count). The van der Waals surface area contributed by atoms with Gasteiger partial charge in [-0.25, -0.2) is 0 Å². The number of rotatable bonds is 4. The van der Waals surface area contributed by atoms with Gasteiger partial charge in [0.25, 0.3) is 5.91 Å². The van der Waals surface area contributed by atoms with Crippen LogP contribution >= 0.6 is 0 Å². The Balaban J connectivity index is 1.33. The second kappa shape index (κ2) is 6.61. The first-order chi connectivity index (χ1) is 16.4. The fourth-order valence-electron chi connectivity index (χ4n) is 7.01. The van der Waals surface area contributed by atoms with Gasteiger partial charge in [0, 0.05) is 18.5 Å². The highest BCUT2D eigenvalue weighted by atomic mass is 16.5. The van der Waals surface area contributed by atoms with Gasteiger partial charge in [-0.1, -0.05) is 36.4 Å². The fraction of sp³-hybridized carbons (Fsp3) is 0.481. The van der Waals surface area contributed by atoms with Gasteiger partial charge in [-0.05, 0) is 49.3 Å². The van der Waals surface area contributed by atoms with Crippen LogP contribution in [0.4, 0.5) is 0 Å². The number of aliphatic hydroxyl groups is 2. The number of ketones is 1. The Morgan fingerprint density at radius 1 is 1.09 bits per heavy atom. The van der Waals surface area contributed by atoms with E-state index in [0.717, 1.165) is 16.7 Å². The van der Waals surface area contributed by atoms with Gasteiger partial charge in [-0.3, -0.25) is 9.59 Å². The van der Waals surface area contributed by atoms with Crippen molar-refractivity contribution in [3.63, 3.8) is 0 Å². The second-order valence-corrected chi connectivity index (χ2v) is 10.6. The van der Waals surface area contributed by atoms with Crippen molar-refractivity contribution >= 4 is 11.7 Å². The predicted octanol–water partition coefficient (Wildman–Crippen LogP) is 2.04. The molecule has 2 saturated carbocycles. The van der Waals surface area contributed by atoms with Crippen molar-refractivity contribution in [1.29, 1.82) is 0 Å². The van der Waals surface area contributed by atoms with Gasteiger partial charge < -0.3 is 24.6 Å². The Kier molecular flexibility index (Phi) is 3.98. The van der Waals surface area contributed by atoms with E-state index in [4.69, 9.17) is 9.47 Å². The largest absolute Gasteiger partial charge is 0.485 e. The van der Waals surface area contributed by atoms with Gasteiger partial charge >= 0.3 is 0 Å². The third-order valence-corrected chi connectivity index (χ3v) is 8.86. The highest BCUT2D eigenvalue weighted by molar-refractivity contribution is 5.92. The molecule has 0 aromatic heterocycles. The van der Waals surface area contributed by atoms with Crippen molar-refractivity contribution in [3.05, 3.63) is 59.2 Å². The Bertz CT molecular complexity index is 1220. The van der Waals surface area contributed by atoms with E-state index in [0.29, 0.717) is 50.3 Å². The van der Waals surface area contributed by atoms with Gasteiger partial charge in [0.15, 0.2) is 23.4 Å². The number of carbonyl (C=O) groups is 2. The van der Waals surface area contributed by atoms with Crippen molar-refractivity contribution in [2.45, 2.75) is 73.9 Å². The van der Waals surface area contributed by atoms with Crippen LogP contribution in [0.15, 0.2) is 42.5 Å². The van der Waals surface area contributed by atoms with Crippen LogP contribution < -0.4 is 9.47 Å². The van der Waals surface area contributed by atoms with Crippen molar-refractivity contribution < 1.29 is 29.3 Å². The molecule has 7 nitrogen and oxygen atoms in total. The highest BCUT2D eigenvalue weighted by Crippen LogP contribution is 2.65. The zero-order chi connectivity index (χ0) is 23.3. The van der Waals surface area contributed by atoms with Gasteiger partial charge in [-0.15, -0.1) is 0 Å². The van der Waals surface area contributed by atoms with Crippen LogP contribution in [0.5, 0.6) is 11.5 Å². The summed E-state index contributed by atoms with van der Waals surface area (Å²) >= 11 is 0. The first-order valence-electron chi connectivity index (χ1n) is 12.2. The molecule has 0 unspecified atom stereocenters. The minimum absolute atomic E-state index is 0.0120. The van der Waals surface area contributed by atoms with Crippen LogP contribution in [0.3, 0.4) is 0 Å². The number of benzene rings is 2. The number of piperidine rings is 1. The molecule has 2 aromatic carbocycles. The van der Waals surface area contributed by atoms with Gasteiger partial charge in [-0.2, -0.15) is 0 Å². The zero-order valence-corrected chi connectivity index (χ0v) is 18.8. The van der Waals surface area contributed by atoms with Crippen molar-refractivity contribution in [3.8, 4) is 11.5 Å². The molecule has 2 bridgehead atoms. The van der Waals surface area contributed by atoms with E-state index in [2.05, 4.69) is 0 Å². The quantitative estimate of drug-likeness (QED) is 0.724. The normalized spacial score (nSPS) is 33.7. The molecular formula is C27H27NO6. The lowest BCUT2D eigenvalue weighted by Gasteiger charge is -2.62. The molecule has 2 heterocycles. The van der Waals surface area contributed by atoms with E-state index < -0.39 is 28.8 Å². The Labute approximate surface area is 197 Å². The van der Waals surface area contributed by atoms with E-state index >= 15 is 0 Å². The fourth-order valence-corrected chi connectivity index (χ4v) is 7.01. The van der Waals surface area contributed by atoms with Crippen LogP contribution in [0.25, 0.3) is 0 Å². The SMILES string of the molecule is O=C1CC[C@@]2(O)[C@H]3Cc4ccc(OCc5ccccc5)c5c4[C@@]2(CCN3C(=O)C2(O)CC2)[C@H]1O5. The number of likely N-dealkylation sites (tertiary alicyclic amines) is 1. The van der Waals surface area contributed by atoms with Crippen molar-refractivity contribution in [2.24, 2.45) is 0 Å². The number of amides is 1. The van der Waals surface area contributed by atoms with Gasteiger partial charge in [0.2, 0.25) is 0 Å². The topological polar surface area (TPSA) is 96.3 Å². The number of nitrogens with zero attached hydrogens (tertiary/aromatic N) is 1. The highest BCUT2D eigenvalue weighted by Gasteiger charge is 2.74. The van der Waals surface area contributed by atoms with E-state index in [1.54, 1.807) is 4.90 Å². The lowest BCUT2D eigenvalue weighted by molar-refractivity contribution is -0.196. The summed E-state index contributed by atoms with van der Waals surface area (Å²) in [6.45, 7) is 0.755. The molecular weight excluding hydrogens is 434 g/mol. The minimum atomic E-state index is -1.29.